The molecule has 5 nitrogen and oxygen atoms in total. The third-order valence-electron chi connectivity index (χ3n) is 6.26. The largest absolute Gasteiger partial charge is 0.445 e. The molecule has 2 aromatic carbocycles. The number of likely N-dealkylation sites (tertiary alicyclic amines) is 1. The van der Waals surface area contributed by atoms with E-state index in [4.69, 9.17) is 4.74 Å². The molecule has 5 heteroatoms. The Morgan fingerprint density at radius 1 is 1.07 bits per heavy atom. The van der Waals surface area contributed by atoms with Crippen LogP contribution in [0.2, 0.25) is 0 Å². The first kappa shape index (κ1) is 16.5. The zero-order valence-electron chi connectivity index (χ0n) is 15.7. The number of fused-ring (bicyclic) bond motifs is 3. The van der Waals surface area contributed by atoms with Gasteiger partial charge in [-0.3, -0.25) is 0 Å². The van der Waals surface area contributed by atoms with Gasteiger partial charge in [-0.25, -0.2) is 4.79 Å². The monoisotopic (exact) mass is 363 g/mol. The van der Waals surface area contributed by atoms with Crippen LogP contribution in [0.3, 0.4) is 0 Å². The molecule has 27 heavy (non-hydrogen) atoms. The van der Waals surface area contributed by atoms with Crippen molar-refractivity contribution >= 4 is 17.5 Å². The van der Waals surface area contributed by atoms with Gasteiger partial charge in [-0.1, -0.05) is 42.5 Å². The van der Waals surface area contributed by atoms with Gasteiger partial charge in [-0.2, -0.15) is 0 Å². The molecule has 3 aliphatic heterocycles. The third kappa shape index (κ3) is 2.73. The van der Waals surface area contributed by atoms with Gasteiger partial charge in [-0.05, 0) is 23.6 Å². The lowest BCUT2D eigenvalue weighted by Crippen LogP contribution is -2.50. The average molecular weight is 363 g/mol. The van der Waals surface area contributed by atoms with E-state index in [1.54, 1.807) is 0 Å². The zero-order chi connectivity index (χ0) is 18.4. The van der Waals surface area contributed by atoms with Gasteiger partial charge in [0.1, 0.15) is 6.61 Å². The highest BCUT2D eigenvalue weighted by atomic mass is 16.6. The topological polar surface area (TPSA) is 36.0 Å². The molecule has 5 rings (SSSR count). The van der Waals surface area contributed by atoms with E-state index in [0.29, 0.717) is 18.6 Å². The van der Waals surface area contributed by atoms with Crippen molar-refractivity contribution in [2.75, 3.05) is 43.0 Å². The summed E-state index contributed by atoms with van der Waals surface area (Å²) >= 11 is 0. The number of amides is 1. The van der Waals surface area contributed by atoms with Crippen LogP contribution in [0.15, 0.2) is 48.5 Å². The van der Waals surface area contributed by atoms with E-state index in [-0.39, 0.29) is 6.09 Å². The first-order chi connectivity index (χ1) is 13.2. The van der Waals surface area contributed by atoms with Gasteiger partial charge in [0, 0.05) is 45.2 Å². The Morgan fingerprint density at radius 2 is 1.93 bits per heavy atom. The van der Waals surface area contributed by atoms with E-state index < -0.39 is 0 Å². The van der Waals surface area contributed by atoms with Crippen molar-refractivity contribution in [1.82, 2.24) is 4.90 Å². The molecule has 1 saturated heterocycles. The van der Waals surface area contributed by atoms with Gasteiger partial charge < -0.3 is 19.4 Å². The van der Waals surface area contributed by atoms with E-state index in [9.17, 15) is 4.79 Å². The molecule has 0 aromatic heterocycles. The predicted octanol–water partition coefficient (Wildman–Crippen LogP) is 3.45. The van der Waals surface area contributed by atoms with Gasteiger partial charge in [0.2, 0.25) is 0 Å². The summed E-state index contributed by atoms with van der Waals surface area (Å²) in [5.41, 5.74) is 5.13. The number of benzene rings is 2. The first-order valence-electron chi connectivity index (χ1n) is 9.78. The lowest BCUT2D eigenvalue weighted by Gasteiger charge is -2.41. The van der Waals surface area contributed by atoms with E-state index in [1.807, 2.05) is 35.2 Å². The number of rotatable bonds is 2. The fourth-order valence-corrected chi connectivity index (χ4v) is 4.89. The number of hydrogen-bond donors (Lipinski definition) is 0. The fourth-order valence-electron chi connectivity index (χ4n) is 4.89. The number of nitrogens with zero attached hydrogens (tertiary/aromatic N) is 3. The van der Waals surface area contributed by atoms with Crippen molar-refractivity contribution < 1.29 is 9.53 Å². The normalized spacial score (nSPS) is 23.1. The van der Waals surface area contributed by atoms with Crippen LogP contribution in [-0.2, 0) is 11.3 Å². The summed E-state index contributed by atoms with van der Waals surface area (Å²) < 4.78 is 5.58. The zero-order valence-corrected chi connectivity index (χ0v) is 15.7. The van der Waals surface area contributed by atoms with E-state index in [2.05, 4.69) is 35.0 Å². The van der Waals surface area contributed by atoms with Crippen molar-refractivity contribution in [3.8, 4) is 0 Å². The SMILES string of the molecule is CN1CCN2c3c(cccc31)C1CN(C(=O)OCc3ccccc3)CCC12. The van der Waals surface area contributed by atoms with Gasteiger partial charge in [0.15, 0.2) is 0 Å². The van der Waals surface area contributed by atoms with Crippen molar-refractivity contribution in [3.05, 3.63) is 59.7 Å². The smallest absolute Gasteiger partial charge is 0.410 e. The van der Waals surface area contributed by atoms with E-state index >= 15 is 0 Å². The Labute approximate surface area is 160 Å². The Bertz CT molecular complexity index is 854. The van der Waals surface area contributed by atoms with Crippen molar-refractivity contribution in [1.29, 1.82) is 0 Å². The van der Waals surface area contributed by atoms with Crippen molar-refractivity contribution in [2.24, 2.45) is 0 Å². The minimum absolute atomic E-state index is 0.194. The maximum absolute atomic E-state index is 12.6. The number of carbonyl (C=O) groups is 1. The summed E-state index contributed by atoms with van der Waals surface area (Å²) in [7, 11) is 2.17. The maximum Gasteiger partial charge on any atom is 0.410 e. The molecule has 0 aliphatic carbocycles. The highest BCUT2D eigenvalue weighted by molar-refractivity contribution is 5.81. The molecule has 0 spiro atoms. The number of para-hydroxylation sites is 1. The Kier molecular flexibility index (Phi) is 3.96. The maximum atomic E-state index is 12.6. The Morgan fingerprint density at radius 3 is 2.78 bits per heavy atom. The van der Waals surface area contributed by atoms with Crippen LogP contribution in [0.25, 0.3) is 0 Å². The number of anilines is 2. The molecule has 1 amide bonds. The number of likely N-dealkylation sites (N-methyl/N-ethyl adjacent to an activating group) is 1. The second kappa shape index (κ2) is 6.48. The number of hydrogen-bond acceptors (Lipinski definition) is 4. The van der Waals surface area contributed by atoms with Crippen LogP contribution >= 0.6 is 0 Å². The van der Waals surface area contributed by atoms with Crippen LogP contribution in [0, 0.1) is 0 Å². The van der Waals surface area contributed by atoms with Crippen LogP contribution in [0.4, 0.5) is 16.2 Å². The summed E-state index contributed by atoms with van der Waals surface area (Å²) in [6.07, 6.45) is 0.809. The summed E-state index contributed by atoms with van der Waals surface area (Å²) in [5, 5.41) is 0. The number of carbonyl (C=O) groups excluding carboxylic acids is 1. The molecular formula is C22H25N3O2. The van der Waals surface area contributed by atoms with Crippen molar-refractivity contribution in [2.45, 2.75) is 25.0 Å². The minimum Gasteiger partial charge on any atom is -0.445 e. The summed E-state index contributed by atoms with van der Waals surface area (Å²) in [4.78, 5) is 19.5. The minimum atomic E-state index is -0.194. The van der Waals surface area contributed by atoms with E-state index in [0.717, 1.165) is 38.2 Å². The van der Waals surface area contributed by atoms with Crippen LogP contribution < -0.4 is 9.80 Å². The van der Waals surface area contributed by atoms with E-state index in [1.165, 1.54) is 16.9 Å². The van der Waals surface area contributed by atoms with Crippen molar-refractivity contribution in [3.63, 3.8) is 0 Å². The van der Waals surface area contributed by atoms with Gasteiger partial charge in [-0.15, -0.1) is 0 Å². The molecule has 2 aromatic rings. The first-order valence-corrected chi connectivity index (χ1v) is 9.78. The predicted molar refractivity (Wildman–Crippen MR) is 106 cm³/mol. The standard InChI is InChI=1S/C22H25N3O2/c1-23-12-13-25-19-10-11-24(22(26)27-15-16-6-3-2-4-7-16)14-18(19)17-8-5-9-20(23)21(17)25/h2-9,18-19H,10-15H2,1H3. The van der Waals surface area contributed by atoms with Gasteiger partial charge in [0.05, 0.1) is 11.4 Å². The molecule has 0 bridgehead atoms. The number of ether oxygens (including phenoxy) is 1. The molecule has 140 valence electrons. The third-order valence-corrected chi connectivity index (χ3v) is 6.26. The summed E-state index contributed by atoms with van der Waals surface area (Å²) in [5.74, 6) is 0.379. The molecule has 1 fully saturated rings. The van der Waals surface area contributed by atoms with Gasteiger partial charge >= 0.3 is 6.09 Å². The summed E-state index contributed by atoms with van der Waals surface area (Å²) in [6, 6.07) is 17.0. The second-order valence-electron chi connectivity index (χ2n) is 7.78. The number of piperidine rings is 1. The molecule has 2 atom stereocenters. The summed E-state index contributed by atoms with van der Waals surface area (Å²) in [6.45, 7) is 3.98. The fraction of sp³-hybridized carbons (Fsp3) is 0.409. The highest BCUT2D eigenvalue weighted by Gasteiger charge is 2.45. The Hall–Kier alpha value is -2.69. The quantitative estimate of drug-likeness (QED) is 0.819. The lowest BCUT2D eigenvalue weighted by molar-refractivity contribution is 0.0837. The van der Waals surface area contributed by atoms with Crippen LogP contribution in [-0.4, -0.2) is 50.3 Å². The molecule has 0 N–H and O–H groups in total. The molecule has 2 unspecified atom stereocenters. The molecular weight excluding hydrogens is 338 g/mol. The van der Waals surface area contributed by atoms with Crippen LogP contribution in [0.1, 0.15) is 23.5 Å². The molecule has 3 aliphatic rings. The molecule has 0 radical (unpaired) electrons. The van der Waals surface area contributed by atoms with Crippen LogP contribution in [0.5, 0.6) is 0 Å². The molecule has 0 saturated carbocycles. The highest BCUT2D eigenvalue weighted by Crippen LogP contribution is 2.50. The lowest BCUT2D eigenvalue weighted by atomic mass is 9.89. The second-order valence-corrected chi connectivity index (χ2v) is 7.78. The van der Waals surface area contributed by atoms with Gasteiger partial charge in [0.25, 0.3) is 0 Å². The molecule has 3 heterocycles. The average Bonchev–Trinajstić information content (AvgIpc) is 3.04. The Balaban J connectivity index is 1.33.